The Hall–Kier alpha value is -2.32. The predicted octanol–water partition coefficient (Wildman–Crippen LogP) is 0.591. The number of rotatable bonds is 3. The lowest BCUT2D eigenvalue weighted by molar-refractivity contribution is -0.139. The van der Waals surface area contributed by atoms with Gasteiger partial charge in [0.15, 0.2) is 0 Å². The van der Waals surface area contributed by atoms with Gasteiger partial charge >= 0.3 is 6.18 Å². The molecule has 126 valence electrons. The van der Waals surface area contributed by atoms with E-state index in [1.165, 1.54) is 4.90 Å². The van der Waals surface area contributed by atoms with E-state index in [2.05, 4.69) is 0 Å². The standard InChI is InChI=1S/C14H16F3N3O3/c15-14(16,17)10-3-4-11(21)20(7-10)8-12(22)19-5-1-2-9(6-19)13(18)23/h3-4,7,9H,1-2,5-6,8H2,(H2,18,23). The van der Waals surface area contributed by atoms with Gasteiger partial charge in [0.1, 0.15) is 6.54 Å². The summed E-state index contributed by atoms with van der Waals surface area (Å²) in [7, 11) is 0. The second kappa shape index (κ2) is 6.43. The van der Waals surface area contributed by atoms with Gasteiger partial charge in [0.25, 0.3) is 5.56 Å². The molecule has 1 aromatic heterocycles. The molecular weight excluding hydrogens is 315 g/mol. The third-order valence-corrected chi connectivity index (χ3v) is 3.79. The van der Waals surface area contributed by atoms with Crippen LogP contribution in [0.5, 0.6) is 0 Å². The third-order valence-electron chi connectivity index (χ3n) is 3.79. The maximum absolute atomic E-state index is 12.7. The second-order valence-electron chi connectivity index (χ2n) is 5.46. The summed E-state index contributed by atoms with van der Waals surface area (Å²) in [5, 5.41) is 0. The molecule has 2 heterocycles. The summed E-state index contributed by atoms with van der Waals surface area (Å²) in [6, 6.07) is 1.45. The van der Waals surface area contributed by atoms with E-state index >= 15 is 0 Å². The van der Waals surface area contributed by atoms with Crippen LogP contribution in [0.2, 0.25) is 0 Å². The quantitative estimate of drug-likeness (QED) is 0.880. The molecule has 0 radical (unpaired) electrons. The molecular formula is C14H16F3N3O3. The molecule has 2 N–H and O–H groups in total. The smallest absolute Gasteiger partial charge is 0.369 e. The van der Waals surface area contributed by atoms with E-state index in [1.807, 2.05) is 0 Å². The molecule has 9 heteroatoms. The van der Waals surface area contributed by atoms with Crippen molar-refractivity contribution in [2.75, 3.05) is 13.1 Å². The van der Waals surface area contributed by atoms with Crippen molar-refractivity contribution in [3.05, 3.63) is 34.2 Å². The van der Waals surface area contributed by atoms with Crippen LogP contribution in [0.15, 0.2) is 23.1 Å². The highest BCUT2D eigenvalue weighted by molar-refractivity contribution is 5.80. The number of nitrogens with two attached hydrogens (primary N) is 1. The highest BCUT2D eigenvalue weighted by Gasteiger charge is 2.32. The lowest BCUT2D eigenvalue weighted by Crippen LogP contribution is -2.45. The van der Waals surface area contributed by atoms with Crippen molar-refractivity contribution in [3.63, 3.8) is 0 Å². The first-order chi connectivity index (χ1) is 10.7. The van der Waals surface area contributed by atoms with Crippen molar-refractivity contribution in [1.82, 2.24) is 9.47 Å². The van der Waals surface area contributed by atoms with E-state index in [-0.39, 0.29) is 6.54 Å². The molecule has 1 aromatic rings. The maximum Gasteiger partial charge on any atom is 0.417 e. The van der Waals surface area contributed by atoms with Gasteiger partial charge in [-0.25, -0.2) is 0 Å². The molecule has 1 fully saturated rings. The van der Waals surface area contributed by atoms with Crippen LogP contribution < -0.4 is 11.3 Å². The molecule has 2 amide bonds. The number of hydrogen-bond donors (Lipinski definition) is 1. The van der Waals surface area contributed by atoms with Crippen LogP contribution in [0.3, 0.4) is 0 Å². The Bertz CT molecular complexity index is 669. The Morgan fingerprint density at radius 3 is 2.61 bits per heavy atom. The van der Waals surface area contributed by atoms with Crippen LogP contribution in [0.4, 0.5) is 13.2 Å². The molecule has 1 aliphatic rings. The van der Waals surface area contributed by atoms with Crippen LogP contribution in [0.25, 0.3) is 0 Å². The summed E-state index contributed by atoms with van der Waals surface area (Å²) in [4.78, 5) is 36.4. The highest BCUT2D eigenvalue weighted by atomic mass is 19.4. The van der Waals surface area contributed by atoms with Gasteiger partial charge in [-0.3, -0.25) is 14.4 Å². The average molecular weight is 331 g/mol. The van der Waals surface area contributed by atoms with E-state index < -0.39 is 41.6 Å². The molecule has 0 spiro atoms. The van der Waals surface area contributed by atoms with Gasteiger partial charge in [-0.1, -0.05) is 0 Å². The largest absolute Gasteiger partial charge is 0.417 e. The summed E-state index contributed by atoms with van der Waals surface area (Å²) in [6.07, 6.45) is -2.82. The topological polar surface area (TPSA) is 85.4 Å². The van der Waals surface area contributed by atoms with Crippen LogP contribution >= 0.6 is 0 Å². The number of alkyl halides is 3. The summed E-state index contributed by atoms with van der Waals surface area (Å²) >= 11 is 0. The number of amides is 2. The van der Waals surface area contributed by atoms with Crippen molar-refractivity contribution in [2.24, 2.45) is 11.7 Å². The van der Waals surface area contributed by atoms with Crippen LogP contribution in [0.1, 0.15) is 18.4 Å². The number of piperidine rings is 1. The number of primary amides is 1. The Balaban J connectivity index is 2.14. The monoisotopic (exact) mass is 331 g/mol. The zero-order chi connectivity index (χ0) is 17.2. The van der Waals surface area contributed by atoms with Gasteiger partial charge in [-0.15, -0.1) is 0 Å². The first kappa shape index (κ1) is 17.0. The molecule has 2 rings (SSSR count). The molecule has 0 aromatic carbocycles. The number of carbonyl (C=O) groups excluding carboxylic acids is 2. The van der Waals surface area contributed by atoms with Gasteiger partial charge in [0.2, 0.25) is 11.8 Å². The number of halogens is 3. The Labute approximate surface area is 129 Å². The van der Waals surface area contributed by atoms with Crippen molar-refractivity contribution >= 4 is 11.8 Å². The van der Waals surface area contributed by atoms with E-state index in [4.69, 9.17) is 5.73 Å². The van der Waals surface area contributed by atoms with Crippen molar-refractivity contribution in [3.8, 4) is 0 Å². The minimum Gasteiger partial charge on any atom is -0.369 e. The fourth-order valence-corrected chi connectivity index (χ4v) is 2.50. The minimum atomic E-state index is -4.60. The summed E-state index contributed by atoms with van der Waals surface area (Å²) < 4.78 is 38.7. The fraction of sp³-hybridized carbons (Fsp3) is 0.500. The lowest BCUT2D eigenvalue weighted by Gasteiger charge is -2.31. The lowest BCUT2D eigenvalue weighted by atomic mass is 9.97. The molecule has 6 nitrogen and oxygen atoms in total. The number of pyridine rings is 1. The molecule has 1 unspecified atom stereocenters. The molecule has 0 aliphatic carbocycles. The molecule has 0 bridgehead atoms. The molecule has 0 saturated carbocycles. The fourth-order valence-electron chi connectivity index (χ4n) is 2.50. The Kier molecular flexibility index (Phi) is 4.76. The van der Waals surface area contributed by atoms with Gasteiger partial charge in [0.05, 0.1) is 11.5 Å². The maximum atomic E-state index is 12.7. The minimum absolute atomic E-state index is 0.127. The molecule has 1 atom stereocenters. The Morgan fingerprint density at radius 1 is 1.30 bits per heavy atom. The van der Waals surface area contributed by atoms with Gasteiger partial charge in [-0.2, -0.15) is 13.2 Å². The van der Waals surface area contributed by atoms with E-state index in [0.717, 1.165) is 10.6 Å². The van der Waals surface area contributed by atoms with E-state index in [9.17, 15) is 27.6 Å². The zero-order valence-corrected chi connectivity index (χ0v) is 12.2. The summed E-state index contributed by atoms with van der Waals surface area (Å²) in [6.45, 7) is 0.00639. The highest BCUT2D eigenvalue weighted by Crippen LogP contribution is 2.28. The van der Waals surface area contributed by atoms with Gasteiger partial charge in [0, 0.05) is 25.4 Å². The average Bonchev–Trinajstić information content (AvgIpc) is 2.48. The number of nitrogens with zero attached hydrogens (tertiary/aromatic N) is 2. The molecule has 1 aliphatic heterocycles. The van der Waals surface area contributed by atoms with Gasteiger partial charge in [-0.05, 0) is 18.9 Å². The second-order valence-corrected chi connectivity index (χ2v) is 5.46. The number of carbonyl (C=O) groups is 2. The SMILES string of the molecule is NC(=O)C1CCCN(C(=O)Cn2cc(C(F)(F)F)ccc2=O)C1. The first-order valence-electron chi connectivity index (χ1n) is 7.03. The van der Waals surface area contributed by atoms with Crippen LogP contribution in [-0.4, -0.2) is 34.4 Å². The van der Waals surface area contributed by atoms with Crippen LogP contribution in [0, 0.1) is 5.92 Å². The third kappa shape index (κ3) is 4.11. The van der Waals surface area contributed by atoms with Gasteiger partial charge < -0.3 is 15.2 Å². The predicted molar refractivity (Wildman–Crippen MR) is 74.2 cm³/mol. The van der Waals surface area contributed by atoms with Crippen molar-refractivity contribution < 1.29 is 22.8 Å². The summed E-state index contributed by atoms with van der Waals surface area (Å²) in [5.74, 6) is -1.50. The van der Waals surface area contributed by atoms with Crippen molar-refractivity contribution in [1.29, 1.82) is 0 Å². The van der Waals surface area contributed by atoms with E-state index in [1.54, 1.807) is 0 Å². The first-order valence-corrected chi connectivity index (χ1v) is 7.03. The normalized spacial score (nSPS) is 18.7. The molecule has 1 saturated heterocycles. The number of hydrogen-bond acceptors (Lipinski definition) is 3. The molecule has 23 heavy (non-hydrogen) atoms. The van der Waals surface area contributed by atoms with Crippen molar-refractivity contribution in [2.45, 2.75) is 25.6 Å². The zero-order valence-electron chi connectivity index (χ0n) is 12.2. The van der Waals surface area contributed by atoms with E-state index in [0.29, 0.717) is 31.6 Å². The number of likely N-dealkylation sites (tertiary alicyclic amines) is 1. The summed E-state index contributed by atoms with van der Waals surface area (Å²) in [5.41, 5.74) is 3.52. The van der Waals surface area contributed by atoms with Crippen LogP contribution in [-0.2, 0) is 22.3 Å². The number of aromatic nitrogens is 1. The Morgan fingerprint density at radius 2 is 2.00 bits per heavy atom.